The van der Waals surface area contributed by atoms with Crippen LogP contribution in [0.4, 0.5) is 4.79 Å². The number of methoxy groups -OCH3 is 1. The first kappa shape index (κ1) is 17.7. The molecule has 7 heteroatoms. The Bertz CT molecular complexity index is 323. The van der Waals surface area contributed by atoms with Crippen LogP contribution in [0.15, 0.2) is 0 Å². The van der Waals surface area contributed by atoms with Crippen LogP contribution in [-0.2, 0) is 19.1 Å². The van der Waals surface area contributed by atoms with Gasteiger partial charge in [0.25, 0.3) is 0 Å². The van der Waals surface area contributed by atoms with Crippen LogP contribution in [0.1, 0.15) is 34.6 Å². The SMILES string of the molecule is COC[C@](ONC(=O)OC(C)(C)C)(C(=O)O)C(C)C. The maximum absolute atomic E-state index is 11.5. The number of hydroxylamine groups is 1. The molecule has 0 radical (unpaired) electrons. The van der Waals surface area contributed by atoms with Crippen LogP contribution in [0.2, 0.25) is 0 Å². The highest BCUT2D eigenvalue weighted by atomic mass is 16.7. The van der Waals surface area contributed by atoms with Crippen molar-refractivity contribution in [2.75, 3.05) is 13.7 Å². The molecule has 1 atom stereocenters. The minimum atomic E-state index is -1.66. The van der Waals surface area contributed by atoms with Gasteiger partial charge in [0.2, 0.25) is 5.60 Å². The summed E-state index contributed by atoms with van der Waals surface area (Å²) in [5.41, 5.74) is -0.351. The fourth-order valence-corrected chi connectivity index (χ4v) is 1.31. The zero-order valence-electron chi connectivity index (χ0n) is 12.3. The van der Waals surface area contributed by atoms with Crippen molar-refractivity contribution in [2.24, 2.45) is 5.92 Å². The Kier molecular flexibility index (Phi) is 6.24. The molecule has 0 saturated heterocycles. The summed E-state index contributed by atoms with van der Waals surface area (Å²) >= 11 is 0. The van der Waals surface area contributed by atoms with Crippen molar-refractivity contribution in [1.82, 2.24) is 5.48 Å². The van der Waals surface area contributed by atoms with Crippen molar-refractivity contribution >= 4 is 12.1 Å². The molecular formula is C12H23NO6. The number of aliphatic carboxylic acids is 1. The van der Waals surface area contributed by atoms with E-state index in [-0.39, 0.29) is 6.61 Å². The van der Waals surface area contributed by atoms with Crippen molar-refractivity contribution < 1.29 is 29.0 Å². The second kappa shape index (κ2) is 6.72. The Labute approximate surface area is 113 Å². The Morgan fingerprint density at radius 3 is 2.11 bits per heavy atom. The highest BCUT2D eigenvalue weighted by Crippen LogP contribution is 2.22. The largest absolute Gasteiger partial charge is 0.479 e. The number of ether oxygens (including phenoxy) is 2. The van der Waals surface area contributed by atoms with Crippen LogP contribution in [0, 0.1) is 5.92 Å². The summed E-state index contributed by atoms with van der Waals surface area (Å²) < 4.78 is 9.83. The molecule has 0 heterocycles. The summed E-state index contributed by atoms with van der Waals surface area (Å²) in [6.07, 6.45) is -0.852. The summed E-state index contributed by atoms with van der Waals surface area (Å²) in [4.78, 5) is 27.9. The lowest BCUT2D eigenvalue weighted by molar-refractivity contribution is -0.195. The summed E-state index contributed by atoms with van der Waals surface area (Å²) in [6.45, 7) is 8.18. The van der Waals surface area contributed by atoms with Gasteiger partial charge in [-0.05, 0) is 26.7 Å². The van der Waals surface area contributed by atoms with E-state index < -0.39 is 29.2 Å². The molecule has 0 aliphatic heterocycles. The molecule has 0 saturated carbocycles. The van der Waals surface area contributed by atoms with Crippen molar-refractivity contribution in [3.05, 3.63) is 0 Å². The Morgan fingerprint density at radius 2 is 1.79 bits per heavy atom. The maximum atomic E-state index is 11.5. The molecule has 0 spiro atoms. The van der Waals surface area contributed by atoms with Crippen LogP contribution in [0.25, 0.3) is 0 Å². The number of carbonyl (C=O) groups excluding carboxylic acids is 1. The topological polar surface area (TPSA) is 94.1 Å². The monoisotopic (exact) mass is 277 g/mol. The first-order chi connectivity index (χ1) is 8.55. The van der Waals surface area contributed by atoms with Crippen molar-refractivity contribution in [1.29, 1.82) is 0 Å². The standard InChI is InChI=1S/C12H23NO6/c1-8(2)12(7-17-6,9(14)15)19-13-10(16)18-11(3,4)5/h8H,7H2,1-6H3,(H,13,16)(H,14,15)/t12-/m1/s1. The van der Waals surface area contributed by atoms with Gasteiger partial charge in [0, 0.05) is 7.11 Å². The average molecular weight is 277 g/mol. The van der Waals surface area contributed by atoms with Crippen LogP contribution in [-0.4, -0.2) is 42.1 Å². The summed E-state index contributed by atoms with van der Waals surface area (Å²) in [5, 5.41) is 9.27. The van der Waals surface area contributed by atoms with Gasteiger partial charge in [0.05, 0.1) is 6.61 Å². The van der Waals surface area contributed by atoms with Gasteiger partial charge >= 0.3 is 12.1 Å². The molecular weight excluding hydrogens is 254 g/mol. The van der Waals surface area contributed by atoms with E-state index in [2.05, 4.69) is 0 Å². The summed E-state index contributed by atoms with van der Waals surface area (Å²) in [7, 11) is 1.36. The van der Waals surface area contributed by atoms with E-state index in [0.717, 1.165) is 0 Å². The fourth-order valence-electron chi connectivity index (χ4n) is 1.31. The minimum Gasteiger partial charge on any atom is -0.479 e. The average Bonchev–Trinajstić information content (AvgIpc) is 2.20. The van der Waals surface area contributed by atoms with Gasteiger partial charge in [-0.3, -0.25) is 0 Å². The van der Waals surface area contributed by atoms with Gasteiger partial charge < -0.3 is 14.6 Å². The van der Waals surface area contributed by atoms with Crippen LogP contribution >= 0.6 is 0 Å². The third-order valence-electron chi connectivity index (χ3n) is 2.37. The Balaban J connectivity index is 4.76. The molecule has 1 amide bonds. The smallest absolute Gasteiger partial charge is 0.431 e. The molecule has 0 rings (SSSR count). The van der Waals surface area contributed by atoms with E-state index in [9.17, 15) is 14.7 Å². The molecule has 2 N–H and O–H groups in total. The van der Waals surface area contributed by atoms with E-state index in [1.54, 1.807) is 34.6 Å². The van der Waals surface area contributed by atoms with E-state index in [4.69, 9.17) is 14.3 Å². The zero-order chi connectivity index (χ0) is 15.3. The second-order valence-electron chi connectivity index (χ2n) is 5.49. The first-order valence-electron chi connectivity index (χ1n) is 5.94. The molecule has 0 aliphatic rings. The minimum absolute atomic E-state index is 0.199. The van der Waals surface area contributed by atoms with Gasteiger partial charge in [-0.2, -0.15) is 5.48 Å². The lowest BCUT2D eigenvalue weighted by Gasteiger charge is -2.32. The lowest BCUT2D eigenvalue weighted by Crippen LogP contribution is -2.54. The number of carboxylic acid groups (broad SMARTS) is 1. The lowest BCUT2D eigenvalue weighted by atomic mass is 9.91. The number of nitrogens with one attached hydrogen (secondary N) is 1. The van der Waals surface area contributed by atoms with Gasteiger partial charge in [-0.25, -0.2) is 14.4 Å². The number of amides is 1. The third kappa shape index (κ3) is 5.44. The number of rotatable bonds is 6. The molecule has 0 bridgehead atoms. The van der Waals surface area contributed by atoms with Crippen LogP contribution < -0.4 is 5.48 Å². The fraction of sp³-hybridized carbons (Fsp3) is 0.833. The van der Waals surface area contributed by atoms with E-state index in [1.165, 1.54) is 7.11 Å². The Morgan fingerprint density at radius 1 is 1.26 bits per heavy atom. The molecule has 0 aliphatic carbocycles. The normalized spacial score (nSPS) is 14.9. The van der Waals surface area contributed by atoms with E-state index >= 15 is 0 Å². The molecule has 0 fully saturated rings. The molecule has 0 aromatic rings. The van der Waals surface area contributed by atoms with Crippen LogP contribution in [0.5, 0.6) is 0 Å². The van der Waals surface area contributed by atoms with E-state index in [0.29, 0.717) is 0 Å². The quantitative estimate of drug-likeness (QED) is 0.716. The summed E-state index contributed by atoms with van der Waals surface area (Å²) in [6, 6.07) is 0. The number of hydrogen-bond acceptors (Lipinski definition) is 5. The first-order valence-corrected chi connectivity index (χ1v) is 5.94. The molecule has 0 aromatic heterocycles. The van der Waals surface area contributed by atoms with Gasteiger partial charge in [-0.1, -0.05) is 13.8 Å². The third-order valence-corrected chi connectivity index (χ3v) is 2.37. The predicted octanol–water partition coefficient (Wildman–Crippen LogP) is 1.57. The van der Waals surface area contributed by atoms with Crippen LogP contribution in [0.3, 0.4) is 0 Å². The maximum Gasteiger partial charge on any atom is 0.431 e. The highest BCUT2D eigenvalue weighted by molar-refractivity contribution is 5.78. The second-order valence-corrected chi connectivity index (χ2v) is 5.49. The van der Waals surface area contributed by atoms with Crippen molar-refractivity contribution in [3.63, 3.8) is 0 Å². The van der Waals surface area contributed by atoms with Gasteiger partial charge in [-0.15, -0.1) is 0 Å². The number of carboxylic acids is 1. The van der Waals surface area contributed by atoms with Gasteiger partial charge in [0.15, 0.2) is 0 Å². The predicted molar refractivity (Wildman–Crippen MR) is 67.5 cm³/mol. The number of hydrogen-bond donors (Lipinski definition) is 2. The highest BCUT2D eigenvalue weighted by Gasteiger charge is 2.45. The molecule has 0 aromatic carbocycles. The van der Waals surface area contributed by atoms with Crippen molar-refractivity contribution in [3.8, 4) is 0 Å². The molecule has 112 valence electrons. The van der Waals surface area contributed by atoms with Crippen molar-refractivity contribution in [2.45, 2.75) is 45.8 Å². The summed E-state index contributed by atoms with van der Waals surface area (Å²) in [5.74, 6) is -1.64. The Hall–Kier alpha value is -1.34. The molecule has 19 heavy (non-hydrogen) atoms. The van der Waals surface area contributed by atoms with Gasteiger partial charge in [0.1, 0.15) is 5.60 Å². The zero-order valence-corrected chi connectivity index (χ0v) is 12.3. The van der Waals surface area contributed by atoms with E-state index in [1.807, 2.05) is 5.48 Å². The molecule has 7 nitrogen and oxygen atoms in total. The number of carbonyl (C=O) groups is 2. The molecule has 0 unspecified atom stereocenters.